The summed E-state index contributed by atoms with van der Waals surface area (Å²) in [7, 11) is 0. The average Bonchev–Trinajstić information content (AvgIpc) is 2.38. The number of hydrogen-bond donors (Lipinski definition) is 0. The van der Waals surface area contributed by atoms with E-state index in [-0.39, 0.29) is 5.69 Å². The van der Waals surface area contributed by atoms with Crippen molar-refractivity contribution in [1.29, 1.82) is 5.26 Å². The molecule has 0 saturated carbocycles. The highest BCUT2D eigenvalue weighted by molar-refractivity contribution is 9.10. The average molecular weight is 335 g/mol. The molecule has 94 valence electrons. The molecule has 0 aliphatic carbocycles. The van der Waals surface area contributed by atoms with Crippen molar-refractivity contribution in [2.45, 2.75) is 9.79 Å². The van der Waals surface area contributed by atoms with Gasteiger partial charge < -0.3 is 0 Å². The molecule has 0 heterocycles. The van der Waals surface area contributed by atoms with Crippen LogP contribution >= 0.6 is 27.7 Å². The first-order valence-corrected chi connectivity index (χ1v) is 6.82. The molecular formula is C13H7BrN2O2S. The van der Waals surface area contributed by atoms with E-state index in [0.29, 0.717) is 5.56 Å². The van der Waals surface area contributed by atoms with Crippen LogP contribution in [0.3, 0.4) is 0 Å². The van der Waals surface area contributed by atoms with Crippen LogP contribution in [-0.2, 0) is 0 Å². The lowest BCUT2D eigenvalue weighted by Gasteiger charge is -2.03. The second-order valence-electron chi connectivity index (χ2n) is 3.64. The maximum Gasteiger partial charge on any atom is 0.269 e. The molecule has 4 nitrogen and oxygen atoms in total. The Bertz CT molecular complexity index is 665. The summed E-state index contributed by atoms with van der Waals surface area (Å²) in [5.41, 5.74) is 0.634. The van der Waals surface area contributed by atoms with Crippen LogP contribution in [0.25, 0.3) is 0 Å². The van der Waals surface area contributed by atoms with Crippen LogP contribution in [0.1, 0.15) is 5.56 Å². The van der Waals surface area contributed by atoms with Crippen molar-refractivity contribution in [3.05, 3.63) is 62.6 Å². The number of halogens is 1. The fourth-order valence-electron chi connectivity index (χ4n) is 1.46. The van der Waals surface area contributed by atoms with Crippen molar-refractivity contribution in [2.75, 3.05) is 0 Å². The quantitative estimate of drug-likeness (QED) is 0.617. The lowest BCUT2D eigenvalue weighted by Crippen LogP contribution is -1.86. The molecule has 19 heavy (non-hydrogen) atoms. The van der Waals surface area contributed by atoms with E-state index >= 15 is 0 Å². The van der Waals surface area contributed by atoms with Crippen LogP contribution in [0.15, 0.2) is 56.7 Å². The Morgan fingerprint density at radius 1 is 1.16 bits per heavy atom. The van der Waals surface area contributed by atoms with Gasteiger partial charge in [0.15, 0.2) is 0 Å². The third kappa shape index (κ3) is 3.56. The number of nitrogens with zero attached hydrogens (tertiary/aromatic N) is 2. The highest BCUT2D eigenvalue weighted by atomic mass is 79.9. The number of nitro groups is 1. The molecule has 0 spiro atoms. The maximum atomic E-state index is 10.6. The van der Waals surface area contributed by atoms with Gasteiger partial charge in [-0.05, 0) is 30.3 Å². The van der Waals surface area contributed by atoms with Gasteiger partial charge in [0.1, 0.15) is 0 Å². The third-order valence-electron chi connectivity index (χ3n) is 2.28. The molecule has 0 radical (unpaired) electrons. The Hall–Kier alpha value is -1.84. The molecule has 0 aliphatic rings. The van der Waals surface area contributed by atoms with Crippen molar-refractivity contribution >= 4 is 33.4 Å². The minimum absolute atomic E-state index is 0.0660. The second kappa shape index (κ2) is 5.87. The number of nitro benzene ring substituents is 1. The Morgan fingerprint density at radius 2 is 1.84 bits per heavy atom. The second-order valence-corrected chi connectivity index (χ2v) is 5.70. The van der Waals surface area contributed by atoms with Crippen LogP contribution in [0.2, 0.25) is 0 Å². The molecule has 0 atom stereocenters. The number of rotatable bonds is 3. The molecule has 0 saturated heterocycles. The zero-order valence-electron chi connectivity index (χ0n) is 9.54. The maximum absolute atomic E-state index is 10.6. The van der Waals surface area contributed by atoms with E-state index in [0.717, 1.165) is 14.3 Å². The third-order valence-corrected chi connectivity index (χ3v) is 3.72. The van der Waals surface area contributed by atoms with Gasteiger partial charge in [0.05, 0.1) is 16.6 Å². The molecule has 0 bridgehead atoms. The summed E-state index contributed by atoms with van der Waals surface area (Å²) in [5, 5.41) is 19.5. The molecule has 0 fully saturated rings. The van der Waals surface area contributed by atoms with Gasteiger partial charge >= 0.3 is 0 Å². The van der Waals surface area contributed by atoms with Gasteiger partial charge in [-0.25, -0.2) is 0 Å². The summed E-state index contributed by atoms with van der Waals surface area (Å²) in [5.74, 6) is 0. The number of non-ortho nitro benzene ring substituents is 1. The number of benzene rings is 2. The predicted molar refractivity (Wildman–Crippen MR) is 76.1 cm³/mol. The van der Waals surface area contributed by atoms with Crippen LogP contribution in [0.5, 0.6) is 0 Å². The standard InChI is InChI=1S/C13H7BrN2O2S/c14-10-5-9(8-15)6-13(7-10)19-12-3-1-11(2-4-12)16(17)18/h1-7H. The van der Waals surface area contributed by atoms with Gasteiger partial charge in [-0.15, -0.1) is 0 Å². The first kappa shape index (κ1) is 13.6. The summed E-state index contributed by atoms with van der Waals surface area (Å²) in [6.07, 6.45) is 0. The largest absolute Gasteiger partial charge is 0.269 e. The fraction of sp³-hybridized carbons (Fsp3) is 0. The van der Waals surface area contributed by atoms with Gasteiger partial charge in [-0.3, -0.25) is 10.1 Å². The van der Waals surface area contributed by atoms with Crippen molar-refractivity contribution < 1.29 is 4.92 Å². The van der Waals surface area contributed by atoms with Gasteiger partial charge in [0.2, 0.25) is 0 Å². The van der Waals surface area contributed by atoms with Crippen molar-refractivity contribution in [2.24, 2.45) is 0 Å². The Morgan fingerprint density at radius 3 is 2.42 bits per heavy atom. The van der Waals surface area contributed by atoms with Gasteiger partial charge in [0.25, 0.3) is 5.69 Å². The number of hydrogen-bond acceptors (Lipinski definition) is 4. The molecular weight excluding hydrogens is 328 g/mol. The van der Waals surface area contributed by atoms with Gasteiger partial charge in [0, 0.05) is 26.4 Å². The van der Waals surface area contributed by atoms with Crippen molar-refractivity contribution in [1.82, 2.24) is 0 Å². The SMILES string of the molecule is N#Cc1cc(Br)cc(Sc2ccc([N+](=O)[O-])cc2)c1. The van der Waals surface area contributed by atoms with E-state index in [1.807, 2.05) is 6.07 Å². The number of nitriles is 1. The Kier molecular flexibility index (Phi) is 4.20. The van der Waals surface area contributed by atoms with E-state index in [9.17, 15) is 10.1 Å². The molecule has 0 amide bonds. The molecule has 2 aromatic rings. The predicted octanol–water partition coefficient (Wildman–Crippen LogP) is 4.38. The van der Waals surface area contributed by atoms with Crippen molar-refractivity contribution in [3.63, 3.8) is 0 Å². The molecule has 0 aromatic heterocycles. The van der Waals surface area contributed by atoms with E-state index in [1.54, 1.807) is 24.3 Å². The van der Waals surface area contributed by atoms with Gasteiger partial charge in [-0.1, -0.05) is 27.7 Å². The topological polar surface area (TPSA) is 66.9 Å². The highest BCUT2D eigenvalue weighted by Crippen LogP contribution is 2.31. The minimum Gasteiger partial charge on any atom is -0.258 e. The summed E-state index contributed by atoms with van der Waals surface area (Å²) in [6.45, 7) is 0. The zero-order valence-corrected chi connectivity index (χ0v) is 11.9. The first-order chi connectivity index (χ1) is 9.08. The fourth-order valence-corrected chi connectivity index (χ4v) is 3.02. The van der Waals surface area contributed by atoms with Crippen molar-refractivity contribution in [3.8, 4) is 6.07 Å². The lowest BCUT2D eigenvalue weighted by atomic mass is 10.2. The lowest BCUT2D eigenvalue weighted by molar-refractivity contribution is -0.384. The van der Waals surface area contributed by atoms with E-state index in [1.165, 1.54) is 23.9 Å². The highest BCUT2D eigenvalue weighted by Gasteiger charge is 2.06. The van der Waals surface area contributed by atoms with Gasteiger partial charge in [-0.2, -0.15) is 5.26 Å². The monoisotopic (exact) mass is 334 g/mol. The van der Waals surface area contributed by atoms with Crippen LogP contribution in [0, 0.1) is 21.4 Å². The summed E-state index contributed by atoms with van der Waals surface area (Å²) in [4.78, 5) is 11.9. The summed E-state index contributed by atoms with van der Waals surface area (Å²) in [6, 6.07) is 13.8. The van der Waals surface area contributed by atoms with Crippen LogP contribution in [0.4, 0.5) is 5.69 Å². The Labute approximate surface area is 122 Å². The molecule has 0 aliphatic heterocycles. The van der Waals surface area contributed by atoms with E-state index in [4.69, 9.17) is 5.26 Å². The molecule has 2 aromatic carbocycles. The molecule has 2 rings (SSSR count). The molecule has 0 N–H and O–H groups in total. The molecule has 0 unspecified atom stereocenters. The normalized spacial score (nSPS) is 9.89. The smallest absolute Gasteiger partial charge is 0.258 e. The van der Waals surface area contributed by atoms with E-state index < -0.39 is 4.92 Å². The first-order valence-electron chi connectivity index (χ1n) is 5.21. The minimum atomic E-state index is -0.429. The molecule has 6 heteroatoms. The van der Waals surface area contributed by atoms with Crippen LogP contribution < -0.4 is 0 Å². The zero-order chi connectivity index (χ0) is 13.8. The summed E-state index contributed by atoms with van der Waals surface area (Å²) >= 11 is 4.79. The van der Waals surface area contributed by atoms with Crippen LogP contribution in [-0.4, -0.2) is 4.92 Å². The van der Waals surface area contributed by atoms with E-state index in [2.05, 4.69) is 22.0 Å². The summed E-state index contributed by atoms with van der Waals surface area (Å²) < 4.78 is 0.830. The Balaban J connectivity index is 2.24.